The Kier molecular flexibility index (Phi) is 11.5. The van der Waals surface area contributed by atoms with Gasteiger partial charge >= 0.3 is 0 Å². The fourth-order valence-electron chi connectivity index (χ4n) is 5.83. The molecule has 13 nitrogen and oxygen atoms in total. The third kappa shape index (κ3) is 7.87. The van der Waals surface area contributed by atoms with Gasteiger partial charge in [-0.15, -0.1) is 0 Å². The number of fused-ring (bicyclic) bond motifs is 2. The fraction of sp³-hybridized carbons (Fsp3) is 0.263. The molecule has 3 N–H and O–H groups in total. The van der Waals surface area contributed by atoms with Crippen LogP contribution in [0.5, 0.6) is 23.0 Å². The number of ether oxygens (including phenoxy) is 4. The third-order valence-corrected chi connectivity index (χ3v) is 12.1. The van der Waals surface area contributed by atoms with E-state index in [-0.39, 0.29) is 15.5 Å². The van der Waals surface area contributed by atoms with E-state index in [4.69, 9.17) is 24.7 Å². The van der Waals surface area contributed by atoms with Crippen LogP contribution in [0.15, 0.2) is 95.0 Å². The highest BCUT2D eigenvalue weighted by Gasteiger charge is 2.23. The number of rotatable bonds is 12. The van der Waals surface area contributed by atoms with Gasteiger partial charge in [0, 0.05) is 36.3 Å². The molecule has 0 saturated heterocycles. The molecule has 2 aromatic heterocycles. The second-order valence-electron chi connectivity index (χ2n) is 12.5. The van der Waals surface area contributed by atoms with E-state index in [0.29, 0.717) is 46.3 Å². The molecule has 0 fully saturated rings. The lowest BCUT2D eigenvalue weighted by Crippen LogP contribution is -2.21. The van der Waals surface area contributed by atoms with Crippen molar-refractivity contribution in [1.82, 2.24) is 12.8 Å². The maximum absolute atomic E-state index is 13.4. The average molecular weight is 764 g/mol. The average Bonchev–Trinajstić information content (AvgIpc) is 3.67. The monoisotopic (exact) mass is 763 g/mol. The minimum absolute atomic E-state index is 0.105. The van der Waals surface area contributed by atoms with Crippen molar-refractivity contribution in [3.63, 3.8) is 0 Å². The third-order valence-electron chi connectivity index (χ3n) is 8.71. The Morgan fingerprint density at radius 1 is 0.642 bits per heavy atom. The number of anilines is 2. The van der Waals surface area contributed by atoms with E-state index >= 15 is 0 Å². The van der Waals surface area contributed by atoms with Crippen LogP contribution in [-0.4, -0.2) is 85.3 Å². The van der Waals surface area contributed by atoms with Gasteiger partial charge in [-0.25, -0.2) is 24.8 Å². The standard InChI is InChI=1S/C21H27N3O4S.C17H18N2O4S/c1-15-14-24(20-8-6-16(27-4)12-18(15)20)29(25,26)17-7-9-21(28-5)19(13-17)22-10-11-23(2)3;1-11-10-19(16-6-4-12(22-2)8-14(11)16)24(20,21)13-5-7-17(23-3)15(18)9-13/h6-9,12-14,22H,10-11H2,1-5H3;4-10H,18H2,1-3H3. The molecule has 282 valence electrons. The highest BCUT2D eigenvalue weighted by Crippen LogP contribution is 2.33. The number of hydrogen-bond acceptors (Lipinski definition) is 11. The van der Waals surface area contributed by atoms with Gasteiger partial charge in [0.1, 0.15) is 23.0 Å². The summed E-state index contributed by atoms with van der Waals surface area (Å²) in [5.74, 6) is 2.40. The highest BCUT2D eigenvalue weighted by molar-refractivity contribution is 7.90. The Bertz CT molecular complexity index is 2490. The molecular weight excluding hydrogens is 719 g/mol. The normalized spacial score (nSPS) is 11.7. The van der Waals surface area contributed by atoms with Crippen LogP contribution in [0.4, 0.5) is 11.4 Å². The van der Waals surface area contributed by atoms with Crippen molar-refractivity contribution in [2.45, 2.75) is 23.6 Å². The summed E-state index contributed by atoms with van der Waals surface area (Å²) in [4.78, 5) is 2.34. The van der Waals surface area contributed by atoms with Gasteiger partial charge in [-0.3, -0.25) is 0 Å². The number of benzene rings is 4. The van der Waals surface area contributed by atoms with Crippen LogP contribution >= 0.6 is 0 Å². The first-order valence-corrected chi connectivity index (χ1v) is 19.4. The van der Waals surface area contributed by atoms with Gasteiger partial charge in [0.25, 0.3) is 20.0 Å². The maximum atomic E-state index is 13.4. The van der Waals surface area contributed by atoms with Crippen molar-refractivity contribution in [3.8, 4) is 23.0 Å². The van der Waals surface area contributed by atoms with Crippen molar-refractivity contribution in [2.75, 3.05) is 66.7 Å². The summed E-state index contributed by atoms with van der Waals surface area (Å²) in [5.41, 5.74) is 9.66. The number of aromatic nitrogens is 2. The van der Waals surface area contributed by atoms with Gasteiger partial charge in [0.15, 0.2) is 0 Å². The summed E-state index contributed by atoms with van der Waals surface area (Å²) < 4.78 is 76.3. The molecule has 6 aromatic rings. The van der Waals surface area contributed by atoms with E-state index in [9.17, 15) is 16.8 Å². The van der Waals surface area contributed by atoms with Gasteiger partial charge < -0.3 is 34.9 Å². The zero-order chi connectivity index (χ0) is 38.7. The lowest BCUT2D eigenvalue weighted by atomic mass is 10.2. The molecule has 0 bridgehead atoms. The van der Waals surface area contributed by atoms with E-state index in [1.54, 1.807) is 82.3 Å². The zero-order valence-electron chi connectivity index (χ0n) is 31.0. The van der Waals surface area contributed by atoms with E-state index in [1.807, 2.05) is 45.0 Å². The largest absolute Gasteiger partial charge is 0.497 e. The Balaban J connectivity index is 0.000000208. The Morgan fingerprint density at radius 3 is 1.55 bits per heavy atom. The number of aryl methyl sites for hydroxylation is 2. The number of nitrogen functional groups attached to an aromatic ring is 1. The Labute approximate surface area is 310 Å². The number of methoxy groups -OCH3 is 4. The number of nitrogens with one attached hydrogen (secondary N) is 1. The van der Waals surface area contributed by atoms with Crippen molar-refractivity contribution in [2.24, 2.45) is 0 Å². The lowest BCUT2D eigenvalue weighted by molar-refractivity contribution is 0.412. The fourth-order valence-corrected chi connectivity index (χ4v) is 8.73. The lowest BCUT2D eigenvalue weighted by Gasteiger charge is -2.16. The zero-order valence-corrected chi connectivity index (χ0v) is 32.6. The molecular formula is C38H45N5O8S2. The van der Waals surface area contributed by atoms with Crippen molar-refractivity contribution >= 4 is 53.2 Å². The Hall–Kier alpha value is -5.38. The smallest absolute Gasteiger partial charge is 0.268 e. The molecule has 0 aliphatic heterocycles. The molecule has 4 aromatic carbocycles. The summed E-state index contributed by atoms with van der Waals surface area (Å²) in [6.45, 7) is 5.22. The van der Waals surface area contributed by atoms with Crippen molar-refractivity contribution in [1.29, 1.82) is 0 Å². The van der Waals surface area contributed by atoms with Gasteiger partial charge in [-0.05, 0) is 112 Å². The van der Waals surface area contributed by atoms with Crippen LogP contribution in [0.3, 0.4) is 0 Å². The minimum Gasteiger partial charge on any atom is -0.497 e. The second kappa shape index (κ2) is 15.7. The predicted molar refractivity (Wildman–Crippen MR) is 209 cm³/mol. The van der Waals surface area contributed by atoms with E-state index in [0.717, 1.165) is 28.4 Å². The molecule has 0 aliphatic rings. The first-order chi connectivity index (χ1) is 25.2. The maximum Gasteiger partial charge on any atom is 0.268 e. The van der Waals surface area contributed by atoms with Crippen molar-refractivity contribution < 1.29 is 35.8 Å². The SMILES string of the molecule is COc1ccc2c(c1)c(C)cn2S(=O)(=O)c1ccc(OC)c(N)c1.COc1ccc2c(c1)c(C)cn2S(=O)(=O)c1ccc(OC)c(NCCN(C)C)c1. The minimum atomic E-state index is -3.78. The quantitative estimate of drug-likeness (QED) is 0.142. The number of nitrogens with zero attached hydrogens (tertiary/aromatic N) is 3. The van der Waals surface area contributed by atoms with E-state index in [2.05, 4.69) is 5.32 Å². The van der Waals surface area contributed by atoms with Gasteiger partial charge in [0.2, 0.25) is 0 Å². The molecule has 15 heteroatoms. The van der Waals surface area contributed by atoms with Crippen LogP contribution in [-0.2, 0) is 20.0 Å². The molecule has 0 spiro atoms. The van der Waals surface area contributed by atoms with Gasteiger partial charge in [-0.2, -0.15) is 0 Å². The first kappa shape index (κ1) is 38.8. The Morgan fingerprint density at radius 2 is 1.11 bits per heavy atom. The molecule has 6 rings (SSSR count). The molecule has 0 radical (unpaired) electrons. The predicted octanol–water partition coefficient (Wildman–Crippen LogP) is 5.96. The van der Waals surface area contributed by atoms with Crippen LogP contribution in [0.25, 0.3) is 21.8 Å². The number of likely N-dealkylation sites (N-methyl/N-ethyl adjacent to an activating group) is 1. The molecule has 0 aliphatic carbocycles. The van der Waals surface area contributed by atoms with Crippen LogP contribution < -0.4 is 30.0 Å². The van der Waals surface area contributed by atoms with Gasteiger partial charge in [-0.1, -0.05) is 0 Å². The number of hydrogen-bond donors (Lipinski definition) is 2. The molecule has 0 atom stereocenters. The molecule has 0 unspecified atom stereocenters. The van der Waals surface area contributed by atoms with Crippen LogP contribution in [0.1, 0.15) is 11.1 Å². The van der Waals surface area contributed by atoms with Crippen LogP contribution in [0.2, 0.25) is 0 Å². The van der Waals surface area contributed by atoms with Crippen molar-refractivity contribution in [3.05, 3.63) is 96.3 Å². The summed E-state index contributed by atoms with van der Waals surface area (Å²) in [6, 6.07) is 19.9. The molecule has 2 heterocycles. The second-order valence-corrected chi connectivity index (χ2v) is 16.1. The van der Waals surface area contributed by atoms with E-state index < -0.39 is 20.0 Å². The summed E-state index contributed by atoms with van der Waals surface area (Å²) in [5, 5.41) is 4.92. The topological polar surface area (TPSA) is 156 Å². The van der Waals surface area contributed by atoms with Gasteiger partial charge in [0.05, 0.1) is 60.6 Å². The first-order valence-electron chi connectivity index (χ1n) is 16.5. The molecule has 0 saturated carbocycles. The number of nitrogens with two attached hydrogens (primary N) is 1. The van der Waals surface area contributed by atoms with E-state index in [1.165, 1.54) is 27.2 Å². The molecule has 53 heavy (non-hydrogen) atoms. The van der Waals surface area contributed by atoms with Crippen LogP contribution in [0, 0.1) is 13.8 Å². The summed E-state index contributed by atoms with van der Waals surface area (Å²) in [6.07, 6.45) is 3.24. The summed E-state index contributed by atoms with van der Waals surface area (Å²) in [7, 11) is 2.62. The summed E-state index contributed by atoms with van der Waals surface area (Å²) >= 11 is 0. The highest BCUT2D eigenvalue weighted by atomic mass is 32.2. The molecule has 0 amide bonds.